The van der Waals surface area contributed by atoms with Gasteiger partial charge < -0.3 is 5.32 Å². The van der Waals surface area contributed by atoms with Crippen LogP contribution in [0.3, 0.4) is 0 Å². The summed E-state index contributed by atoms with van der Waals surface area (Å²) in [6.45, 7) is 5.50. The van der Waals surface area contributed by atoms with Gasteiger partial charge in [0.2, 0.25) is 0 Å². The minimum Gasteiger partial charge on any atom is -0.310 e. The molecule has 0 amide bonds. The normalized spacial score (nSPS) is 25.3. The average Bonchev–Trinajstić information content (AvgIpc) is 2.41. The zero-order chi connectivity index (χ0) is 13.8. The standard InChI is InChI=1S/C16H23Cl2N/c1-3-19-16(12-6-4-11(2)5-7-12)13-8-9-14(17)15(18)10-13/h8-12,16,19H,3-7H2,1-2H3. The Morgan fingerprint density at radius 3 is 2.42 bits per heavy atom. The van der Waals surface area contributed by atoms with E-state index in [1.54, 1.807) is 0 Å². The van der Waals surface area contributed by atoms with Crippen LogP contribution >= 0.6 is 23.2 Å². The Morgan fingerprint density at radius 2 is 1.84 bits per heavy atom. The second-order valence-electron chi connectivity index (χ2n) is 5.73. The van der Waals surface area contributed by atoms with Crippen molar-refractivity contribution < 1.29 is 0 Å². The zero-order valence-corrected chi connectivity index (χ0v) is 13.3. The molecule has 0 saturated heterocycles. The van der Waals surface area contributed by atoms with Gasteiger partial charge in [-0.1, -0.05) is 56.0 Å². The topological polar surface area (TPSA) is 12.0 Å². The molecule has 1 saturated carbocycles. The molecule has 3 heteroatoms. The number of rotatable bonds is 4. The maximum absolute atomic E-state index is 6.16. The Labute approximate surface area is 126 Å². The fraction of sp³-hybridized carbons (Fsp3) is 0.625. The van der Waals surface area contributed by atoms with Gasteiger partial charge in [0.15, 0.2) is 0 Å². The molecular formula is C16H23Cl2N. The molecule has 106 valence electrons. The SMILES string of the molecule is CCNC(c1ccc(Cl)c(Cl)c1)C1CCC(C)CC1. The number of halogens is 2. The Hall–Kier alpha value is -0.240. The molecule has 1 aromatic rings. The summed E-state index contributed by atoms with van der Waals surface area (Å²) in [6, 6.07) is 6.45. The van der Waals surface area contributed by atoms with Gasteiger partial charge >= 0.3 is 0 Å². The van der Waals surface area contributed by atoms with Crippen molar-refractivity contribution in [2.45, 2.75) is 45.6 Å². The smallest absolute Gasteiger partial charge is 0.0595 e. The Bertz CT molecular complexity index is 411. The summed E-state index contributed by atoms with van der Waals surface area (Å²) < 4.78 is 0. The predicted octanol–water partition coefficient (Wildman–Crippen LogP) is 5.47. The molecule has 0 aromatic heterocycles. The number of benzene rings is 1. The van der Waals surface area contributed by atoms with Gasteiger partial charge in [-0.15, -0.1) is 0 Å². The molecule has 1 nitrogen and oxygen atoms in total. The summed E-state index contributed by atoms with van der Waals surface area (Å²) in [5.41, 5.74) is 1.27. The van der Waals surface area contributed by atoms with Crippen molar-refractivity contribution in [3.05, 3.63) is 33.8 Å². The summed E-state index contributed by atoms with van der Waals surface area (Å²) in [4.78, 5) is 0. The third-order valence-electron chi connectivity index (χ3n) is 4.26. The minimum atomic E-state index is 0.410. The van der Waals surface area contributed by atoms with E-state index >= 15 is 0 Å². The Kier molecular flexibility index (Phi) is 5.56. The van der Waals surface area contributed by atoms with Gasteiger partial charge in [-0.25, -0.2) is 0 Å². The summed E-state index contributed by atoms with van der Waals surface area (Å²) in [6.07, 6.45) is 5.29. The maximum atomic E-state index is 6.16. The van der Waals surface area contributed by atoms with Crippen LogP contribution in [0, 0.1) is 11.8 Å². The lowest BCUT2D eigenvalue weighted by atomic mass is 9.77. The highest BCUT2D eigenvalue weighted by Crippen LogP contribution is 2.38. The molecule has 1 atom stereocenters. The van der Waals surface area contributed by atoms with Crippen molar-refractivity contribution in [1.29, 1.82) is 0 Å². The van der Waals surface area contributed by atoms with Crippen LogP contribution in [-0.4, -0.2) is 6.54 Å². The van der Waals surface area contributed by atoms with Gasteiger partial charge in [-0.2, -0.15) is 0 Å². The van der Waals surface area contributed by atoms with E-state index in [9.17, 15) is 0 Å². The minimum absolute atomic E-state index is 0.410. The Balaban J connectivity index is 2.16. The molecule has 19 heavy (non-hydrogen) atoms. The van der Waals surface area contributed by atoms with E-state index in [0.717, 1.165) is 12.5 Å². The van der Waals surface area contributed by atoms with Crippen LogP contribution in [0.25, 0.3) is 0 Å². The molecule has 1 aliphatic rings. The van der Waals surface area contributed by atoms with E-state index in [1.165, 1.54) is 31.2 Å². The fourth-order valence-electron chi connectivity index (χ4n) is 3.10. The van der Waals surface area contributed by atoms with Crippen molar-refractivity contribution in [1.82, 2.24) is 5.32 Å². The van der Waals surface area contributed by atoms with E-state index < -0.39 is 0 Å². The van der Waals surface area contributed by atoms with Crippen molar-refractivity contribution >= 4 is 23.2 Å². The molecule has 0 heterocycles. The van der Waals surface area contributed by atoms with E-state index in [2.05, 4.69) is 25.2 Å². The van der Waals surface area contributed by atoms with Gasteiger partial charge in [0.1, 0.15) is 0 Å². The molecule has 2 rings (SSSR count). The van der Waals surface area contributed by atoms with Crippen LogP contribution in [0.5, 0.6) is 0 Å². The molecule has 0 spiro atoms. The van der Waals surface area contributed by atoms with Gasteiger partial charge in [0, 0.05) is 6.04 Å². The average molecular weight is 300 g/mol. The van der Waals surface area contributed by atoms with Gasteiger partial charge in [0.05, 0.1) is 10.0 Å². The summed E-state index contributed by atoms with van der Waals surface area (Å²) in [5, 5.41) is 4.92. The Morgan fingerprint density at radius 1 is 1.16 bits per heavy atom. The molecule has 1 aromatic carbocycles. The highest BCUT2D eigenvalue weighted by atomic mass is 35.5. The highest BCUT2D eigenvalue weighted by molar-refractivity contribution is 6.42. The monoisotopic (exact) mass is 299 g/mol. The van der Waals surface area contributed by atoms with Crippen LogP contribution in [-0.2, 0) is 0 Å². The van der Waals surface area contributed by atoms with Crippen LogP contribution in [0.4, 0.5) is 0 Å². The molecule has 1 unspecified atom stereocenters. The highest BCUT2D eigenvalue weighted by Gasteiger charge is 2.26. The first-order valence-corrected chi connectivity index (χ1v) is 8.05. The number of nitrogens with one attached hydrogen (secondary N) is 1. The molecule has 0 aliphatic heterocycles. The van der Waals surface area contributed by atoms with Crippen LogP contribution < -0.4 is 5.32 Å². The van der Waals surface area contributed by atoms with Crippen molar-refractivity contribution in [2.24, 2.45) is 11.8 Å². The predicted molar refractivity (Wildman–Crippen MR) is 84.0 cm³/mol. The molecule has 0 radical (unpaired) electrons. The van der Waals surface area contributed by atoms with Crippen LogP contribution in [0.15, 0.2) is 18.2 Å². The quantitative estimate of drug-likeness (QED) is 0.777. The van der Waals surface area contributed by atoms with Gasteiger partial charge in [-0.05, 0) is 48.9 Å². The summed E-state index contributed by atoms with van der Waals surface area (Å²) in [5.74, 6) is 1.60. The van der Waals surface area contributed by atoms with E-state index in [4.69, 9.17) is 23.2 Å². The molecular weight excluding hydrogens is 277 g/mol. The molecule has 1 N–H and O–H groups in total. The first-order chi connectivity index (χ1) is 9.11. The lowest BCUT2D eigenvalue weighted by molar-refractivity contribution is 0.233. The van der Waals surface area contributed by atoms with Crippen LogP contribution in [0.1, 0.15) is 51.1 Å². The third-order valence-corrected chi connectivity index (χ3v) is 5.00. The van der Waals surface area contributed by atoms with Crippen molar-refractivity contribution in [2.75, 3.05) is 6.54 Å². The lowest BCUT2D eigenvalue weighted by Gasteiger charge is -2.33. The summed E-state index contributed by atoms with van der Waals surface area (Å²) >= 11 is 12.2. The maximum Gasteiger partial charge on any atom is 0.0595 e. The van der Waals surface area contributed by atoms with E-state index in [-0.39, 0.29) is 0 Å². The van der Waals surface area contributed by atoms with E-state index in [1.807, 2.05) is 12.1 Å². The molecule has 1 aliphatic carbocycles. The fourth-order valence-corrected chi connectivity index (χ4v) is 3.41. The van der Waals surface area contributed by atoms with Gasteiger partial charge in [-0.3, -0.25) is 0 Å². The number of hydrogen-bond donors (Lipinski definition) is 1. The second kappa shape index (κ2) is 6.97. The van der Waals surface area contributed by atoms with Crippen molar-refractivity contribution in [3.8, 4) is 0 Å². The van der Waals surface area contributed by atoms with Crippen molar-refractivity contribution in [3.63, 3.8) is 0 Å². The molecule has 1 fully saturated rings. The largest absolute Gasteiger partial charge is 0.310 e. The molecule has 0 bridgehead atoms. The first kappa shape index (κ1) is 15.2. The van der Waals surface area contributed by atoms with Crippen LogP contribution in [0.2, 0.25) is 10.0 Å². The zero-order valence-electron chi connectivity index (χ0n) is 11.8. The van der Waals surface area contributed by atoms with Gasteiger partial charge in [0.25, 0.3) is 0 Å². The summed E-state index contributed by atoms with van der Waals surface area (Å²) in [7, 11) is 0. The van der Waals surface area contributed by atoms with E-state index in [0.29, 0.717) is 22.0 Å². The third kappa shape index (κ3) is 3.87. The second-order valence-corrected chi connectivity index (χ2v) is 6.54. The number of hydrogen-bond acceptors (Lipinski definition) is 1. The first-order valence-electron chi connectivity index (χ1n) is 7.30. The lowest BCUT2D eigenvalue weighted by Crippen LogP contribution is -2.30.